The van der Waals surface area contributed by atoms with E-state index in [1.165, 1.54) is 11.3 Å². The van der Waals surface area contributed by atoms with Gasteiger partial charge in [0, 0.05) is 12.1 Å². The summed E-state index contributed by atoms with van der Waals surface area (Å²) in [6.07, 6.45) is 0.638. The van der Waals surface area contributed by atoms with Gasteiger partial charge in [0.05, 0.1) is 23.7 Å². The van der Waals surface area contributed by atoms with Crippen molar-refractivity contribution in [2.75, 3.05) is 19.8 Å². The number of ketones is 1. The highest BCUT2D eigenvalue weighted by atomic mass is 32.1. The molecule has 0 unspecified atom stereocenters. The minimum absolute atomic E-state index is 0.136. The highest BCUT2D eigenvalue weighted by Gasteiger charge is 2.18. The van der Waals surface area contributed by atoms with Crippen LogP contribution in [0.25, 0.3) is 0 Å². The average molecular weight is 424 g/mol. The second-order valence-electron chi connectivity index (χ2n) is 6.51. The van der Waals surface area contributed by atoms with Gasteiger partial charge in [-0.15, -0.1) is 11.3 Å². The molecule has 1 N–H and O–H groups in total. The van der Waals surface area contributed by atoms with Crippen LogP contribution in [-0.2, 0) is 6.42 Å². The molecule has 30 heavy (non-hydrogen) atoms. The molecule has 0 aliphatic carbocycles. The number of carbonyl (C=O) groups is 2. The zero-order chi connectivity index (χ0) is 21.3. The Balaban J connectivity index is 1.66. The summed E-state index contributed by atoms with van der Waals surface area (Å²) in [5.74, 6) is 1.03. The van der Waals surface area contributed by atoms with Crippen LogP contribution in [0.4, 0.5) is 0 Å². The fourth-order valence-electron chi connectivity index (χ4n) is 3.09. The number of benzene rings is 2. The van der Waals surface area contributed by atoms with Gasteiger partial charge in [0.2, 0.25) is 5.78 Å². The number of hydrogen-bond donors (Lipinski definition) is 1. The van der Waals surface area contributed by atoms with E-state index in [0.29, 0.717) is 53.7 Å². The molecule has 1 amide bonds. The van der Waals surface area contributed by atoms with E-state index >= 15 is 0 Å². The van der Waals surface area contributed by atoms with E-state index in [-0.39, 0.29) is 11.7 Å². The first-order valence-corrected chi connectivity index (χ1v) is 10.9. The van der Waals surface area contributed by atoms with Crippen LogP contribution in [0.3, 0.4) is 0 Å². The number of amides is 1. The summed E-state index contributed by atoms with van der Waals surface area (Å²) in [7, 11) is 0. The van der Waals surface area contributed by atoms with Gasteiger partial charge >= 0.3 is 0 Å². The predicted molar refractivity (Wildman–Crippen MR) is 119 cm³/mol. The molecule has 0 fully saturated rings. The quantitative estimate of drug-likeness (QED) is 0.478. The fraction of sp³-hybridized carbons (Fsp3) is 0.250. The summed E-state index contributed by atoms with van der Waals surface area (Å²) >= 11 is 1.37. The molecule has 0 saturated heterocycles. The van der Waals surface area contributed by atoms with Crippen molar-refractivity contribution in [1.82, 2.24) is 5.32 Å². The molecule has 3 rings (SSSR count). The Morgan fingerprint density at radius 3 is 2.33 bits per heavy atom. The second kappa shape index (κ2) is 10.6. The Kier molecular flexibility index (Phi) is 7.63. The van der Waals surface area contributed by atoms with Crippen molar-refractivity contribution >= 4 is 23.0 Å². The molecular formula is C24H25NO4S. The lowest BCUT2D eigenvalue weighted by atomic mass is 10.0. The molecule has 6 heteroatoms. The van der Waals surface area contributed by atoms with Crippen molar-refractivity contribution in [3.63, 3.8) is 0 Å². The molecule has 0 saturated carbocycles. The molecule has 1 heterocycles. The largest absolute Gasteiger partial charge is 0.490 e. The molecule has 156 valence electrons. The lowest BCUT2D eigenvalue weighted by Gasteiger charge is -2.13. The van der Waals surface area contributed by atoms with Crippen molar-refractivity contribution in [1.29, 1.82) is 0 Å². The number of thiophene rings is 1. The Bertz CT molecular complexity index is 998. The van der Waals surface area contributed by atoms with Crippen molar-refractivity contribution in [3.05, 3.63) is 81.5 Å². The van der Waals surface area contributed by atoms with E-state index in [2.05, 4.69) is 5.32 Å². The topological polar surface area (TPSA) is 64.6 Å². The van der Waals surface area contributed by atoms with Crippen LogP contribution in [0, 0.1) is 0 Å². The zero-order valence-corrected chi connectivity index (χ0v) is 18.0. The van der Waals surface area contributed by atoms with Crippen LogP contribution in [0.2, 0.25) is 0 Å². The molecule has 0 spiro atoms. The first-order chi connectivity index (χ1) is 14.6. The van der Waals surface area contributed by atoms with Crippen molar-refractivity contribution < 1.29 is 19.1 Å². The lowest BCUT2D eigenvalue weighted by Crippen LogP contribution is -2.27. The maximum atomic E-state index is 12.7. The molecule has 2 aromatic carbocycles. The summed E-state index contributed by atoms with van der Waals surface area (Å²) in [4.78, 5) is 26.1. The molecule has 0 radical (unpaired) electrons. The molecule has 3 aromatic rings. The van der Waals surface area contributed by atoms with E-state index in [1.54, 1.807) is 30.3 Å². The van der Waals surface area contributed by atoms with Crippen LogP contribution in [-0.4, -0.2) is 31.4 Å². The van der Waals surface area contributed by atoms with Gasteiger partial charge in [0.15, 0.2) is 11.5 Å². The van der Waals surface area contributed by atoms with Crippen molar-refractivity contribution in [2.24, 2.45) is 0 Å². The van der Waals surface area contributed by atoms with Gasteiger partial charge in [-0.2, -0.15) is 0 Å². The third-order valence-corrected chi connectivity index (χ3v) is 5.34. The number of rotatable bonds is 10. The van der Waals surface area contributed by atoms with Crippen LogP contribution >= 0.6 is 11.3 Å². The third kappa shape index (κ3) is 5.27. The molecular weight excluding hydrogens is 398 g/mol. The van der Waals surface area contributed by atoms with E-state index in [0.717, 1.165) is 5.56 Å². The van der Waals surface area contributed by atoms with E-state index in [4.69, 9.17) is 9.47 Å². The van der Waals surface area contributed by atoms with E-state index in [1.807, 2.05) is 43.5 Å². The highest BCUT2D eigenvalue weighted by Crippen LogP contribution is 2.28. The van der Waals surface area contributed by atoms with Gasteiger partial charge in [-0.25, -0.2) is 0 Å². The number of hydrogen-bond acceptors (Lipinski definition) is 5. The minimum Gasteiger partial charge on any atom is -0.490 e. The summed E-state index contributed by atoms with van der Waals surface area (Å²) in [5.41, 5.74) is 1.83. The van der Waals surface area contributed by atoms with Crippen molar-refractivity contribution in [2.45, 2.75) is 20.3 Å². The Morgan fingerprint density at radius 2 is 1.63 bits per heavy atom. The molecule has 1 aromatic heterocycles. The standard InChI is InChI=1S/C24H25NO4S/c1-3-28-20-12-11-17(16-21(20)29-4-2)13-14-25-24(27)19-9-6-5-8-18(19)23(26)22-10-7-15-30-22/h5-12,15-16H,3-4,13-14H2,1-2H3,(H,25,27). The first kappa shape index (κ1) is 21.6. The summed E-state index contributed by atoms with van der Waals surface area (Å²) in [6, 6.07) is 16.3. The van der Waals surface area contributed by atoms with E-state index < -0.39 is 0 Å². The van der Waals surface area contributed by atoms with Crippen LogP contribution in [0.15, 0.2) is 60.0 Å². The lowest BCUT2D eigenvalue weighted by molar-refractivity contribution is 0.0943. The van der Waals surface area contributed by atoms with Gasteiger partial charge in [-0.1, -0.05) is 30.3 Å². The fourth-order valence-corrected chi connectivity index (χ4v) is 3.76. The molecule has 0 bridgehead atoms. The number of nitrogens with one attached hydrogen (secondary N) is 1. The van der Waals surface area contributed by atoms with E-state index in [9.17, 15) is 9.59 Å². The second-order valence-corrected chi connectivity index (χ2v) is 7.45. The zero-order valence-electron chi connectivity index (χ0n) is 17.1. The van der Waals surface area contributed by atoms with Gasteiger partial charge in [-0.3, -0.25) is 9.59 Å². The van der Waals surface area contributed by atoms with Gasteiger partial charge in [0.25, 0.3) is 5.91 Å². The maximum Gasteiger partial charge on any atom is 0.252 e. The first-order valence-electron chi connectivity index (χ1n) is 9.98. The normalized spacial score (nSPS) is 10.5. The number of ether oxygens (including phenoxy) is 2. The van der Waals surface area contributed by atoms with Gasteiger partial charge in [0.1, 0.15) is 0 Å². The monoisotopic (exact) mass is 423 g/mol. The Hall–Kier alpha value is -3.12. The van der Waals surface area contributed by atoms with Gasteiger partial charge in [-0.05, 0) is 55.5 Å². The smallest absolute Gasteiger partial charge is 0.252 e. The minimum atomic E-state index is -0.258. The summed E-state index contributed by atoms with van der Waals surface area (Å²) in [5, 5.41) is 4.77. The molecule has 0 aliphatic heterocycles. The predicted octanol–water partition coefficient (Wildman–Crippen LogP) is 4.75. The number of carbonyl (C=O) groups excluding carboxylic acids is 2. The van der Waals surface area contributed by atoms with Crippen LogP contribution in [0.5, 0.6) is 11.5 Å². The third-order valence-electron chi connectivity index (χ3n) is 4.47. The summed E-state index contributed by atoms with van der Waals surface area (Å²) in [6.45, 7) is 5.42. The van der Waals surface area contributed by atoms with Crippen molar-refractivity contribution in [3.8, 4) is 11.5 Å². The van der Waals surface area contributed by atoms with Gasteiger partial charge < -0.3 is 14.8 Å². The Morgan fingerprint density at radius 1 is 0.900 bits per heavy atom. The van der Waals surface area contributed by atoms with Crippen LogP contribution in [0.1, 0.15) is 45.0 Å². The molecule has 0 atom stereocenters. The maximum absolute atomic E-state index is 12.7. The SMILES string of the molecule is CCOc1ccc(CCNC(=O)c2ccccc2C(=O)c2cccs2)cc1OCC. The molecule has 0 aliphatic rings. The molecule has 5 nitrogen and oxygen atoms in total. The summed E-state index contributed by atoms with van der Waals surface area (Å²) < 4.78 is 11.2. The Labute approximate surface area is 180 Å². The van der Waals surface area contributed by atoms with Crippen LogP contribution < -0.4 is 14.8 Å². The highest BCUT2D eigenvalue weighted by molar-refractivity contribution is 7.12. The average Bonchev–Trinajstić information content (AvgIpc) is 3.30.